The number of para-hydroxylation sites is 1. The molecule has 0 aliphatic carbocycles. The lowest BCUT2D eigenvalue weighted by molar-refractivity contribution is 0.0851. The average molecular weight is 310 g/mol. The molecule has 21 heavy (non-hydrogen) atoms. The van der Waals surface area contributed by atoms with Crippen LogP contribution in [0.4, 0.5) is 0 Å². The molecular weight excluding hydrogens is 288 g/mol. The van der Waals surface area contributed by atoms with Crippen LogP contribution in [0, 0.1) is 0 Å². The molecule has 6 heteroatoms. The van der Waals surface area contributed by atoms with Gasteiger partial charge in [-0.2, -0.15) is 4.31 Å². The Bertz CT molecular complexity index is 603. The van der Waals surface area contributed by atoms with Gasteiger partial charge in [-0.1, -0.05) is 18.6 Å². The Hall–Kier alpha value is -1.11. The van der Waals surface area contributed by atoms with Crippen LogP contribution in [0.3, 0.4) is 0 Å². The highest BCUT2D eigenvalue weighted by Crippen LogP contribution is 2.29. The first-order chi connectivity index (χ1) is 10.1. The van der Waals surface area contributed by atoms with Crippen molar-refractivity contribution in [3.05, 3.63) is 24.3 Å². The van der Waals surface area contributed by atoms with Crippen LogP contribution in [0.15, 0.2) is 29.2 Å². The van der Waals surface area contributed by atoms with Gasteiger partial charge in [-0.05, 0) is 31.5 Å². The molecule has 2 heterocycles. The highest BCUT2D eigenvalue weighted by Gasteiger charge is 2.36. The summed E-state index contributed by atoms with van der Waals surface area (Å²) in [6.07, 6.45) is 3.53. The first-order valence-corrected chi connectivity index (χ1v) is 8.94. The third-order valence-electron chi connectivity index (χ3n) is 4.49. The molecule has 0 N–H and O–H groups in total. The number of rotatable bonds is 3. The summed E-state index contributed by atoms with van der Waals surface area (Å²) in [6, 6.07) is 7.23. The highest BCUT2D eigenvalue weighted by atomic mass is 32.2. The van der Waals surface area contributed by atoms with Gasteiger partial charge in [0.1, 0.15) is 10.6 Å². The van der Waals surface area contributed by atoms with Crippen LogP contribution in [0.25, 0.3) is 0 Å². The van der Waals surface area contributed by atoms with Gasteiger partial charge in [-0.3, -0.25) is 4.90 Å². The van der Waals surface area contributed by atoms with Gasteiger partial charge in [0.05, 0.1) is 7.11 Å². The molecule has 1 atom stereocenters. The summed E-state index contributed by atoms with van der Waals surface area (Å²) < 4.78 is 32.6. The monoisotopic (exact) mass is 310 g/mol. The SMILES string of the molecule is COc1ccccc1S(=O)(=O)N1CCN2CCCC[C@@H]2C1. The molecule has 0 unspecified atom stereocenters. The minimum atomic E-state index is -3.47. The molecule has 2 fully saturated rings. The number of hydrogen-bond acceptors (Lipinski definition) is 4. The van der Waals surface area contributed by atoms with Crippen molar-refractivity contribution in [2.45, 2.75) is 30.2 Å². The lowest BCUT2D eigenvalue weighted by Crippen LogP contribution is -2.56. The van der Waals surface area contributed by atoms with Crippen molar-refractivity contribution in [2.24, 2.45) is 0 Å². The predicted molar refractivity (Wildman–Crippen MR) is 81.0 cm³/mol. The van der Waals surface area contributed by atoms with Crippen LogP contribution in [-0.2, 0) is 10.0 Å². The molecule has 2 aliphatic rings. The first-order valence-electron chi connectivity index (χ1n) is 7.50. The molecule has 0 bridgehead atoms. The van der Waals surface area contributed by atoms with E-state index in [0.29, 0.717) is 24.9 Å². The van der Waals surface area contributed by atoms with E-state index in [4.69, 9.17) is 4.74 Å². The summed E-state index contributed by atoms with van der Waals surface area (Å²) in [5, 5.41) is 0. The lowest BCUT2D eigenvalue weighted by Gasteiger charge is -2.43. The molecule has 2 saturated heterocycles. The molecule has 0 amide bonds. The van der Waals surface area contributed by atoms with Crippen LogP contribution in [-0.4, -0.2) is 57.0 Å². The van der Waals surface area contributed by atoms with E-state index in [-0.39, 0.29) is 4.90 Å². The fourth-order valence-electron chi connectivity index (χ4n) is 3.32. The molecule has 0 radical (unpaired) electrons. The van der Waals surface area contributed by atoms with E-state index >= 15 is 0 Å². The fraction of sp³-hybridized carbons (Fsp3) is 0.600. The van der Waals surface area contributed by atoms with Gasteiger partial charge < -0.3 is 4.74 Å². The maximum atomic E-state index is 12.9. The van der Waals surface area contributed by atoms with Gasteiger partial charge in [0, 0.05) is 25.7 Å². The zero-order chi connectivity index (χ0) is 14.9. The van der Waals surface area contributed by atoms with Gasteiger partial charge in [-0.15, -0.1) is 0 Å². The summed E-state index contributed by atoms with van der Waals surface area (Å²) in [4.78, 5) is 2.70. The van der Waals surface area contributed by atoms with E-state index in [1.807, 2.05) is 0 Å². The van der Waals surface area contributed by atoms with Crippen molar-refractivity contribution >= 4 is 10.0 Å². The molecule has 2 aliphatic heterocycles. The molecule has 1 aromatic carbocycles. The summed E-state index contributed by atoms with van der Waals surface area (Å²) in [6.45, 7) is 3.10. The highest BCUT2D eigenvalue weighted by molar-refractivity contribution is 7.89. The van der Waals surface area contributed by atoms with Crippen LogP contribution in [0.2, 0.25) is 0 Å². The summed E-state index contributed by atoms with van der Waals surface area (Å²) >= 11 is 0. The normalized spacial score (nSPS) is 24.5. The Morgan fingerprint density at radius 2 is 1.95 bits per heavy atom. The average Bonchev–Trinajstić information content (AvgIpc) is 2.54. The van der Waals surface area contributed by atoms with Crippen LogP contribution >= 0.6 is 0 Å². The van der Waals surface area contributed by atoms with Crippen molar-refractivity contribution in [2.75, 3.05) is 33.3 Å². The minimum Gasteiger partial charge on any atom is -0.495 e. The molecular formula is C15H22N2O3S. The number of piperidine rings is 1. The van der Waals surface area contributed by atoms with E-state index in [0.717, 1.165) is 19.5 Å². The molecule has 3 rings (SSSR count). The van der Waals surface area contributed by atoms with E-state index < -0.39 is 10.0 Å². The Kier molecular flexibility index (Phi) is 4.19. The van der Waals surface area contributed by atoms with Gasteiger partial charge >= 0.3 is 0 Å². The van der Waals surface area contributed by atoms with Crippen LogP contribution in [0.5, 0.6) is 5.75 Å². The first kappa shape index (κ1) is 14.8. The van der Waals surface area contributed by atoms with Crippen LogP contribution in [0.1, 0.15) is 19.3 Å². The van der Waals surface area contributed by atoms with E-state index in [1.54, 1.807) is 28.6 Å². The molecule has 0 spiro atoms. The standard InChI is InChI=1S/C15H22N2O3S/c1-20-14-7-2-3-8-15(14)21(18,19)17-11-10-16-9-5-4-6-13(16)12-17/h2-3,7-8,13H,4-6,9-12H2,1H3/t13-/m1/s1. The molecule has 0 saturated carbocycles. The minimum absolute atomic E-state index is 0.275. The number of methoxy groups -OCH3 is 1. The maximum absolute atomic E-state index is 12.9. The van der Waals surface area contributed by atoms with Gasteiger partial charge in [-0.25, -0.2) is 8.42 Å². The lowest BCUT2D eigenvalue weighted by atomic mass is 10.0. The number of sulfonamides is 1. The molecule has 5 nitrogen and oxygen atoms in total. The Morgan fingerprint density at radius 1 is 1.14 bits per heavy atom. The fourth-order valence-corrected chi connectivity index (χ4v) is 4.94. The van der Waals surface area contributed by atoms with Crippen molar-refractivity contribution < 1.29 is 13.2 Å². The van der Waals surface area contributed by atoms with Crippen molar-refractivity contribution in [3.63, 3.8) is 0 Å². The van der Waals surface area contributed by atoms with E-state index in [9.17, 15) is 8.42 Å². The molecule has 0 aromatic heterocycles. The van der Waals surface area contributed by atoms with E-state index in [1.165, 1.54) is 20.0 Å². The third kappa shape index (κ3) is 2.80. The van der Waals surface area contributed by atoms with Crippen molar-refractivity contribution in [1.82, 2.24) is 9.21 Å². The van der Waals surface area contributed by atoms with Gasteiger partial charge in [0.2, 0.25) is 10.0 Å². The number of fused-ring (bicyclic) bond motifs is 1. The number of nitrogens with zero attached hydrogens (tertiary/aromatic N) is 2. The number of benzene rings is 1. The predicted octanol–water partition coefficient (Wildman–Crippen LogP) is 1.55. The number of piperazine rings is 1. The second-order valence-electron chi connectivity index (χ2n) is 5.70. The van der Waals surface area contributed by atoms with Crippen molar-refractivity contribution in [1.29, 1.82) is 0 Å². The molecule has 116 valence electrons. The Morgan fingerprint density at radius 3 is 2.76 bits per heavy atom. The van der Waals surface area contributed by atoms with Gasteiger partial charge in [0.25, 0.3) is 0 Å². The Balaban J connectivity index is 1.85. The van der Waals surface area contributed by atoms with Crippen molar-refractivity contribution in [3.8, 4) is 5.75 Å². The Labute approximate surface area is 126 Å². The van der Waals surface area contributed by atoms with Gasteiger partial charge in [0.15, 0.2) is 0 Å². The summed E-state index contributed by atoms with van der Waals surface area (Å²) in [7, 11) is -1.97. The second-order valence-corrected chi connectivity index (χ2v) is 7.61. The quantitative estimate of drug-likeness (QED) is 0.850. The van der Waals surface area contributed by atoms with Crippen LogP contribution < -0.4 is 4.74 Å². The number of ether oxygens (including phenoxy) is 1. The molecule has 1 aromatic rings. The van der Waals surface area contributed by atoms with E-state index in [2.05, 4.69) is 4.90 Å². The summed E-state index contributed by atoms with van der Waals surface area (Å²) in [5.41, 5.74) is 0. The smallest absolute Gasteiger partial charge is 0.246 e. The summed E-state index contributed by atoms with van der Waals surface area (Å²) in [5.74, 6) is 0.420. The largest absolute Gasteiger partial charge is 0.495 e. The third-order valence-corrected chi connectivity index (χ3v) is 6.39. The second kappa shape index (κ2) is 5.94. The number of hydrogen-bond donors (Lipinski definition) is 0. The zero-order valence-corrected chi connectivity index (χ0v) is 13.2. The maximum Gasteiger partial charge on any atom is 0.246 e. The topological polar surface area (TPSA) is 49.9 Å². The zero-order valence-electron chi connectivity index (χ0n) is 12.4.